The van der Waals surface area contributed by atoms with Gasteiger partial charge < -0.3 is 15.4 Å². The first-order valence-electron chi connectivity index (χ1n) is 6.07. The lowest BCUT2D eigenvalue weighted by atomic mass is 10.1. The van der Waals surface area contributed by atoms with Crippen molar-refractivity contribution in [3.05, 3.63) is 35.4 Å². The smallest absolute Gasteiger partial charge is 0.226 e. The predicted octanol–water partition coefficient (Wildman–Crippen LogP) is 0.970. The van der Waals surface area contributed by atoms with Crippen molar-refractivity contribution in [2.45, 2.75) is 19.4 Å². The van der Waals surface area contributed by atoms with Gasteiger partial charge >= 0.3 is 0 Å². The average Bonchev–Trinajstić information content (AvgIpc) is 2.32. The molecule has 0 fully saturated rings. The first-order valence-corrected chi connectivity index (χ1v) is 6.07. The number of methoxy groups -OCH3 is 1. The largest absolute Gasteiger partial charge is 0.383 e. The SMILES string of the molecule is COCC(N)CN(C)C(=O)Cc1ccc(C)cc1. The number of carbonyl (C=O) groups excluding carboxylic acids is 1. The first kappa shape index (κ1) is 14.7. The van der Waals surface area contributed by atoms with E-state index in [1.165, 1.54) is 5.56 Å². The number of rotatable bonds is 6. The Bertz CT molecular complexity index is 376. The van der Waals surface area contributed by atoms with Crippen molar-refractivity contribution in [3.8, 4) is 0 Å². The molecule has 1 aromatic carbocycles. The van der Waals surface area contributed by atoms with Crippen molar-refractivity contribution in [3.63, 3.8) is 0 Å². The van der Waals surface area contributed by atoms with Gasteiger partial charge in [0.15, 0.2) is 0 Å². The van der Waals surface area contributed by atoms with Gasteiger partial charge in [0.2, 0.25) is 5.91 Å². The zero-order valence-corrected chi connectivity index (χ0v) is 11.3. The molecule has 4 heteroatoms. The van der Waals surface area contributed by atoms with Crippen molar-refractivity contribution >= 4 is 5.91 Å². The van der Waals surface area contributed by atoms with Crippen LogP contribution in [0.1, 0.15) is 11.1 Å². The molecule has 0 aromatic heterocycles. The minimum Gasteiger partial charge on any atom is -0.383 e. The lowest BCUT2D eigenvalue weighted by Gasteiger charge is -2.21. The number of nitrogens with two attached hydrogens (primary N) is 1. The van der Waals surface area contributed by atoms with Crippen molar-refractivity contribution in [1.29, 1.82) is 0 Å². The molecule has 0 saturated carbocycles. The third-order valence-corrected chi connectivity index (χ3v) is 2.79. The third kappa shape index (κ3) is 4.85. The number of carbonyl (C=O) groups is 1. The highest BCUT2D eigenvalue weighted by Gasteiger charge is 2.13. The summed E-state index contributed by atoms with van der Waals surface area (Å²) < 4.78 is 4.95. The molecular formula is C14H22N2O2. The molecule has 0 spiro atoms. The van der Waals surface area contributed by atoms with Gasteiger partial charge in [0.1, 0.15) is 0 Å². The number of likely N-dealkylation sites (N-methyl/N-ethyl adjacent to an activating group) is 1. The first-order chi connectivity index (χ1) is 8.52. The number of amides is 1. The standard InChI is InChI=1S/C14H22N2O2/c1-11-4-6-12(7-5-11)8-14(17)16(2)9-13(15)10-18-3/h4-7,13H,8-10,15H2,1-3H3. The van der Waals surface area contributed by atoms with E-state index in [-0.39, 0.29) is 11.9 Å². The van der Waals surface area contributed by atoms with Gasteiger partial charge in [-0.2, -0.15) is 0 Å². The van der Waals surface area contributed by atoms with Crippen LogP contribution in [0.4, 0.5) is 0 Å². The van der Waals surface area contributed by atoms with E-state index in [4.69, 9.17) is 10.5 Å². The molecule has 0 radical (unpaired) electrons. The Morgan fingerprint density at radius 3 is 2.56 bits per heavy atom. The summed E-state index contributed by atoms with van der Waals surface area (Å²) in [4.78, 5) is 13.6. The van der Waals surface area contributed by atoms with Crippen molar-refractivity contribution in [2.24, 2.45) is 5.73 Å². The molecule has 0 aliphatic heterocycles. The highest BCUT2D eigenvalue weighted by atomic mass is 16.5. The summed E-state index contributed by atoms with van der Waals surface area (Å²) in [5.41, 5.74) is 8.04. The fourth-order valence-corrected chi connectivity index (χ4v) is 1.74. The lowest BCUT2D eigenvalue weighted by molar-refractivity contribution is -0.129. The summed E-state index contributed by atoms with van der Waals surface area (Å²) in [5, 5.41) is 0. The minimum absolute atomic E-state index is 0.0745. The highest BCUT2D eigenvalue weighted by molar-refractivity contribution is 5.78. The molecule has 2 N–H and O–H groups in total. The number of nitrogens with zero attached hydrogens (tertiary/aromatic N) is 1. The van der Waals surface area contributed by atoms with Gasteiger partial charge in [0.25, 0.3) is 0 Å². The zero-order valence-electron chi connectivity index (χ0n) is 11.3. The quantitative estimate of drug-likeness (QED) is 0.818. The van der Waals surface area contributed by atoms with Gasteiger partial charge in [-0.1, -0.05) is 29.8 Å². The van der Waals surface area contributed by atoms with E-state index in [2.05, 4.69) is 0 Å². The van der Waals surface area contributed by atoms with E-state index in [1.807, 2.05) is 31.2 Å². The van der Waals surface area contributed by atoms with Gasteiger partial charge in [0.05, 0.1) is 13.0 Å². The van der Waals surface area contributed by atoms with Gasteiger partial charge in [-0.15, -0.1) is 0 Å². The summed E-state index contributed by atoms with van der Waals surface area (Å²) in [5.74, 6) is 0.0745. The second-order valence-electron chi connectivity index (χ2n) is 4.65. The van der Waals surface area contributed by atoms with E-state index in [0.717, 1.165) is 5.56 Å². The molecule has 1 aromatic rings. The molecular weight excluding hydrogens is 228 g/mol. The number of hydrogen-bond donors (Lipinski definition) is 1. The Morgan fingerprint density at radius 2 is 2.00 bits per heavy atom. The normalized spacial score (nSPS) is 12.2. The Kier molecular flexibility index (Phi) is 5.82. The van der Waals surface area contributed by atoms with Crippen molar-refractivity contribution in [1.82, 2.24) is 4.90 Å². The van der Waals surface area contributed by atoms with Crippen LogP contribution in [0.2, 0.25) is 0 Å². The lowest BCUT2D eigenvalue weighted by Crippen LogP contribution is -2.41. The maximum absolute atomic E-state index is 12.0. The minimum atomic E-state index is -0.137. The molecule has 1 atom stereocenters. The summed E-state index contributed by atoms with van der Waals surface area (Å²) >= 11 is 0. The van der Waals surface area contributed by atoms with Crippen LogP contribution in [0.15, 0.2) is 24.3 Å². The molecule has 0 bridgehead atoms. The Balaban J connectivity index is 2.46. The van der Waals surface area contributed by atoms with Crippen LogP contribution < -0.4 is 5.73 Å². The molecule has 1 unspecified atom stereocenters. The van der Waals surface area contributed by atoms with E-state index in [1.54, 1.807) is 19.1 Å². The van der Waals surface area contributed by atoms with Crippen LogP contribution in [-0.2, 0) is 16.0 Å². The maximum atomic E-state index is 12.0. The zero-order chi connectivity index (χ0) is 13.5. The molecule has 4 nitrogen and oxygen atoms in total. The second kappa shape index (κ2) is 7.13. The van der Waals surface area contributed by atoms with Crippen LogP contribution in [0.3, 0.4) is 0 Å². The van der Waals surface area contributed by atoms with Crippen LogP contribution in [0.25, 0.3) is 0 Å². The number of benzene rings is 1. The number of aryl methyl sites for hydroxylation is 1. The van der Waals surface area contributed by atoms with Gasteiger partial charge in [-0.05, 0) is 12.5 Å². The Hall–Kier alpha value is -1.39. The molecule has 0 aliphatic rings. The van der Waals surface area contributed by atoms with Crippen LogP contribution in [0.5, 0.6) is 0 Å². The molecule has 18 heavy (non-hydrogen) atoms. The van der Waals surface area contributed by atoms with Crippen LogP contribution in [0, 0.1) is 6.92 Å². The van der Waals surface area contributed by atoms with Gasteiger partial charge in [0, 0.05) is 26.7 Å². The predicted molar refractivity (Wildman–Crippen MR) is 72.4 cm³/mol. The molecule has 0 saturated heterocycles. The van der Waals surface area contributed by atoms with E-state index in [9.17, 15) is 4.79 Å². The number of hydrogen-bond acceptors (Lipinski definition) is 3. The Labute approximate surface area is 109 Å². The van der Waals surface area contributed by atoms with E-state index in [0.29, 0.717) is 19.6 Å². The van der Waals surface area contributed by atoms with Gasteiger partial charge in [-0.25, -0.2) is 0 Å². The van der Waals surface area contributed by atoms with Crippen LogP contribution >= 0.6 is 0 Å². The summed E-state index contributed by atoms with van der Waals surface area (Å²) in [6, 6.07) is 7.85. The summed E-state index contributed by atoms with van der Waals surface area (Å²) in [7, 11) is 3.38. The Morgan fingerprint density at radius 1 is 1.39 bits per heavy atom. The van der Waals surface area contributed by atoms with Crippen LogP contribution in [-0.4, -0.2) is 44.2 Å². The molecule has 1 amide bonds. The fourth-order valence-electron chi connectivity index (χ4n) is 1.74. The molecule has 0 aliphatic carbocycles. The topological polar surface area (TPSA) is 55.6 Å². The summed E-state index contributed by atoms with van der Waals surface area (Å²) in [6.07, 6.45) is 0.413. The number of ether oxygens (including phenoxy) is 1. The average molecular weight is 250 g/mol. The third-order valence-electron chi connectivity index (χ3n) is 2.79. The maximum Gasteiger partial charge on any atom is 0.226 e. The molecule has 100 valence electrons. The van der Waals surface area contributed by atoms with Crippen molar-refractivity contribution in [2.75, 3.05) is 27.3 Å². The van der Waals surface area contributed by atoms with Gasteiger partial charge in [-0.3, -0.25) is 4.79 Å². The fraction of sp³-hybridized carbons (Fsp3) is 0.500. The second-order valence-corrected chi connectivity index (χ2v) is 4.65. The molecule has 1 rings (SSSR count). The van der Waals surface area contributed by atoms with E-state index >= 15 is 0 Å². The summed E-state index contributed by atoms with van der Waals surface area (Å²) in [6.45, 7) is 3.00. The highest BCUT2D eigenvalue weighted by Crippen LogP contribution is 2.05. The van der Waals surface area contributed by atoms with Crippen molar-refractivity contribution < 1.29 is 9.53 Å². The monoisotopic (exact) mass is 250 g/mol. The molecule has 0 heterocycles. The van der Waals surface area contributed by atoms with E-state index < -0.39 is 0 Å².